The van der Waals surface area contributed by atoms with E-state index in [9.17, 15) is 0 Å². The molecule has 2 aliphatic carbocycles. The minimum Gasteiger partial charge on any atom is -0.368 e. The van der Waals surface area contributed by atoms with Gasteiger partial charge in [0, 0.05) is 5.92 Å². The number of allylic oxidation sites excluding steroid dienone is 1. The molecule has 0 aliphatic heterocycles. The van der Waals surface area contributed by atoms with Crippen molar-refractivity contribution in [2.45, 2.75) is 32.2 Å². The average Bonchev–Trinajstić information content (AvgIpc) is 2.45. The SMILES string of the molecule is CC(O)OC1CC2C=CC1C2. The topological polar surface area (TPSA) is 29.5 Å². The molecule has 0 heterocycles. The van der Waals surface area contributed by atoms with Crippen molar-refractivity contribution in [1.29, 1.82) is 0 Å². The maximum Gasteiger partial charge on any atom is 0.152 e. The van der Waals surface area contributed by atoms with E-state index in [2.05, 4.69) is 12.2 Å². The van der Waals surface area contributed by atoms with Crippen LogP contribution in [0.4, 0.5) is 0 Å². The predicted octanol–water partition coefficient (Wildman–Crippen LogP) is 1.31. The first kappa shape index (κ1) is 7.32. The van der Waals surface area contributed by atoms with Gasteiger partial charge in [-0.2, -0.15) is 0 Å². The standard InChI is InChI=1S/C9H14O2/c1-6(10)11-9-5-7-2-3-8(9)4-7/h2-3,6-10H,4-5H2,1H3. The van der Waals surface area contributed by atoms with Gasteiger partial charge < -0.3 is 9.84 Å². The number of fused-ring (bicyclic) bond motifs is 2. The van der Waals surface area contributed by atoms with Crippen LogP contribution in [0.3, 0.4) is 0 Å². The summed E-state index contributed by atoms with van der Waals surface area (Å²) in [6, 6.07) is 0. The second-order valence-electron chi connectivity index (χ2n) is 3.55. The Balaban J connectivity index is 1.93. The maximum absolute atomic E-state index is 8.99. The van der Waals surface area contributed by atoms with Gasteiger partial charge in [-0.05, 0) is 25.7 Å². The summed E-state index contributed by atoms with van der Waals surface area (Å²) < 4.78 is 5.35. The van der Waals surface area contributed by atoms with Crippen molar-refractivity contribution < 1.29 is 9.84 Å². The molecule has 1 N–H and O–H groups in total. The lowest BCUT2D eigenvalue weighted by atomic mass is 10.0. The van der Waals surface area contributed by atoms with Gasteiger partial charge >= 0.3 is 0 Å². The largest absolute Gasteiger partial charge is 0.368 e. The van der Waals surface area contributed by atoms with Crippen LogP contribution >= 0.6 is 0 Å². The zero-order chi connectivity index (χ0) is 7.84. The molecule has 0 saturated heterocycles. The monoisotopic (exact) mass is 154 g/mol. The fourth-order valence-electron chi connectivity index (χ4n) is 2.14. The molecule has 0 radical (unpaired) electrons. The predicted molar refractivity (Wildman–Crippen MR) is 41.9 cm³/mol. The fourth-order valence-corrected chi connectivity index (χ4v) is 2.14. The molecule has 0 aromatic rings. The maximum atomic E-state index is 8.99. The second-order valence-corrected chi connectivity index (χ2v) is 3.55. The minimum atomic E-state index is -0.604. The first-order chi connectivity index (χ1) is 5.25. The van der Waals surface area contributed by atoms with Crippen molar-refractivity contribution in [2.75, 3.05) is 0 Å². The molecule has 4 atom stereocenters. The van der Waals surface area contributed by atoms with Crippen LogP contribution in [0.15, 0.2) is 12.2 Å². The normalized spacial score (nSPS) is 43.3. The van der Waals surface area contributed by atoms with Crippen LogP contribution in [0.2, 0.25) is 0 Å². The first-order valence-electron chi connectivity index (χ1n) is 4.27. The van der Waals surface area contributed by atoms with E-state index in [-0.39, 0.29) is 6.10 Å². The minimum absolute atomic E-state index is 0.282. The Morgan fingerprint density at radius 1 is 1.45 bits per heavy atom. The third-order valence-electron chi connectivity index (χ3n) is 2.59. The van der Waals surface area contributed by atoms with E-state index in [1.165, 1.54) is 6.42 Å². The summed E-state index contributed by atoms with van der Waals surface area (Å²) in [6.07, 6.45) is 6.51. The molecule has 2 rings (SSSR count). The Morgan fingerprint density at radius 3 is 2.73 bits per heavy atom. The number of rotatable bonds is 2. The third-order valence-corrected chi connectivity index (χ3v) is 2.59. The number of hydrogen-bond acceptors (Lipinski definition) is 2. The molecule has 62 valence electrons. The lowest BCUT2D eigenvalue weighted by Gasteiger charge is -2.20. The summed E-state index contributed by atoms with van der Waals surface area (Å²) in [6.45, 7) is 1.68. The summed E-state index contributed by atoms with van der Waals surface area (Å²) in [5.41, 5.74) is 0. The van der Waals surface area contributed by atoms with Crippen LogP contribution in [0.5, 0.6) is 0 Å². The second kappa shape index (κ2) is 2.61. The van der Waals surface area contributed by atoms with Crippen LogP contribution in [-0.4, -0.2) is 17.5 Å². The average molecular weight is 154 g/mol. The Bertz CT molecular complexity index is 174. The van der Waals surface area contributed by atoms with Crippen LogP contribution in [0.1, 0.15) is 19.8 Å². The van der Waals surface area contributed by atoms with Gasteiger partial charge in [0.25, 0.3) is 0 Å². The van der Waals surface area contributed by atoms with Crippen molar-refractivity contribution in [3.8, 4) is 0 Å². The lowest BCUT2D eigenvalue weighted by Crippen LogP contribution is -2.23. The van der Waals surface area contributed by atoms with Gasteiger partial charge in [0.05, 0.1) is 6.10 Å². The van der Waals surface area contributed by atoms with Gasteiger partial charge in [-0.15, -0.1) is 0 Å². The Kier molecular flexibility index (Phi) is 1.74. The first-order valence-corrected chi connectivity index (χ1v) is 4.27. The number of hydrogen-bond donors (Lipinski definition) is 1. The van der Waals surface area contributed by atoms with Crippen molar-refractivity contribution in [3.05, 3.63) is 12.2 Å². The van der Waals surface area contributed by atoms with Crippen molar-refractivity contribution in [1.82, 2.24) is 0 Å². The van der Waals surface area contributed by atoms with E-state index < -0.39 is 6.29 Å². The van der Waals surface area contributed by atoms with E-state index in [4.69, 9.17) is 9.84 Å². The van der Waals surface area contributed by atoms with Crippen molar-refractivity contribution in [2.24, 2.45) is 11.8 Å². The summed E-state index contributed by atoms with van der Waals surface area (Å²) in [7, 11) is 0. The third kappa shape index (κ3) is 1.33. The zero-order valence-corrected chi connectivity index (χ0v) is 6.73. The van der Waals surface area contributed by atoms with Crippen molar-refractivity contribution in [3.63, 3.8) is 0 Å². The quantitative estimate of drug-likeness (QED) is 0.480. The van der Waals surface area contributed by atoms with E-state index in [1.54, 1.807) is 6.92 Å². The van der Waals surface area contributed by atoms with Crippen LogP contribution < -0.4 is 0 Å². The number of aliphatic hydroxyl groups excluding tert-OH is 1. The molecule has 2 bridgehead atoms. The fraction of sp³-hybridized carbons (Fsp3) is 0.778. The molecule has 11 heavy (non-hydrogen) atoms. The highest BCUT2D eigenvalue weighted by Gasteiger charge is 2.36. The molecule has 2 aliphatic rings. The van der Waals surface area contributed by atoms with Gasteiger partial charge in [-0.1, -0.05) is 12.2 Å². The van der Waals surface area contributed by atoms with Crippen LogP contribution in [0.25, 0.3) is 0 Å². The molecule has 1 fully saturated rings. The van der Waals surface area contributed by atoms with Gasteiger partial charge in [0.2, 0.25) is 0 Å². The van der Waals surface area contributed by atoms with E-state index in [0.717, 1.165) is 12.3 Å². The molecule has 1 saturated carbocycles. The molecular weight excluding hydrogens is 140 g/mol. The zero-order valence-electron chi connectivity index (χ0n) is 6.73. The summed E-state index contributed by atoms with van der Waals surface area (Å²) in [4.78, 5) is 0. The molecule has 0 aromatic carbocycles. The molecule has 0 amide bonds. The summed E-state index contributed by atoms with van der Waals surface area (Å²) in [5, 5.41) is 8.99. The van der Waals surface area contributed by atoms with Crippen molar-refractivity contribution >= 4 is 0 Å². The molecule has 0 aromatic heterocycles. The highest BCUT2D eigenvalue weighted by atomic mass is 16.6. The van der Waals surface area contributed by atoms with E-state index >= 15 is 0 Å². The van der Waals surface area contributed by atoms with Crippen LogP contribution in [0, 0.1) is 11.8 Å². The molecule has 2 nitrogen and oxygen atoms in total. The molecule has 4 unspecified atom stereocenters. The lowest BCUT2D eigenvalue weighted by molar-refractivity contribution is -0.130. The smallest absolute Gasteiger partial charge is 0.152 e. The van der Waals surface area contributed by atoms with Gasteiger partial charge in [-0.3, -0.25) is 0 Å². The summed E-state index contributed by atoms with van der Waals surface area (Å²) >= 11 is 0. The molecule has 2 heteroatoms. The Morgan fingerprint density at radius 2 is 2.27 bits per heavy atom. The van der Waals surface area contributed by atoms with E-state index in [0.29, 0.717) is 5.92 Å². The highest BCUT2D eigenvalue weighted by molar-refractivity contribution is 5.10. The highest BCUT2D eigenvalue weighted by Crippen LogP contribution is 2.40. The Hall–Kier alpha value is -0.340. The van der Waals surface area contributed by atoms with Gasteiger partial charge in [-0.25, -0.2) is 0 Å². The van der Waals surface area contributed by atoms with Crippen LogP contribution in [-0.2, 0) is 4.74 Å². The number of aliphatic hydroxyl groups is 1. The van der Waals surface area contributed by atoms with E-state index in [1.807, 2.05) is 0 Å². The van der Waals surface area contributed by atoms with Gasteiger partial charge in [0.1, 0.15) is 0 Å². The molecule has 0 spiro atoms. The Labute approximate surface area is 66.9 Å². The van der Waals surface area contributed by atoms with Gasteiger partial charge in [0.15, 0.2) is 6.29 Å². The molecular formula is C9H14O2. The summed E-state index contributed by atoms with van der Waals surface area (Å²) in [5.74, 6) is 1.30. The number of ether oxygens (including phenoxy) is 1.